The lowest BCUT2D eigenvalue weighted by molar-refractivity contribution is 0.0711. The number of hydrogen-bond donors (Lipinski definition) is 1. The van der Waals surface area contributed by atoms with Crippen molar-refractivity contribution in [2.45, 2.75) is 25.4 Å². The maximum absolute atomic E-state index is 5.99. The predicted octanol–water partition coefficient (Wildman–Crippen LogP) is 3.89. The van der Waals surface area contributed by atoms with Crippen molar-refractivity contribution in [3.05, 3.63) is 46.6 Å². The summed E-state index contributed by atoms with van der Waals surface area (Å²) >= 11 is 3.46. The fraction of sp³-hybridized carbons (Fsp3) is 0.444. The molecular weight excluding hydrogens is 340 g/mol. The van der Waals surface area contributed by atoms with E-state index >= 15 is 0 Å². The highest BCUT2D eigenvalue weighted by molar-refractivity contribution is 9.10. The van der Waals surface area contributed by atoms with Crippen LogP contribution in [0.4, 0.5) is 0 Å². The molecule has 116 valence electrons. The molecule has 4 heteroatoms. The maximum atomic E-state index is 5.99. The van der Waals surface area contributed by atoms with E-state index in [1.165, 1.54) is 32.5 Å². The van der Waals surface area contributed by atoms with Gasteiger partial charge < -0.3 is 14.6 Å². The first-order chi connectivity index (χ1) is 10.8. The van der Waals surface area contributed by atoms with Gasteiger partial charge in [-0.25, -0.2) is 0 Å². The van der Waals surface area contributed by atoms with Gasteiger partial charge in [-0.3, -0.25) is 0 Å². The molecule has 0 unspecified atom stereocenters. The molecule has 3 saturated heterocycles. The first-order valence-electron chi connectivity index (χ1n) is 8.08. The maximum Gasteiger partial charge on any atom is 0.134 e. The minimum absolute atomic E-state index is 0.628. The van der Waals surface area contributed by atoms with Crippen molar-refractivity contribution in [1.82, 2.24) is 10.2 Å². The number of nitrogens with one attached hydrogen (secondary N) is 1. The normalized spacial score (nSPS) is 27.2. The Balaban J connectivity index is 1.39. The summed E-state index contributed by atoms with van der Waals surface area (Å²) in [7, 11) is 0. The van der Waals surface area contributed by atoms with Crippen molar-refractivity contribution in [3.8, 4) is 11.3 Å². The quantitative estimate of drug-likeness (QED) is 0.896. The second-order valence-corrected chi connectivity index (χ2v) is 7.31. The van der Waals surface area contributed by atoms with Crippen LogP contribution in [0.2, 0.25) is 0 Å². The Morgan fingerprint density at radius 2 is 1.86 bits per heavy atom. The summed E-state index contributed by atoms with van der Waals surface area (Å²) in [4.78, 5) is 2.58. The Labute approximate surface area is 139 Å². The summed E-state index contributed by atoms with van der Waals surface area (Å²) < 4.78 is 7.08. The lowest BCUT2D eigenvalue weighted by Gasteiger charge is -2.45. The molecule has 5 rings (SSSR count). The zero-order chi connectivity index (χ0) is 14.9. The standard InChI is InChI=1S/C18H21BrN2O/c19-15-3-1-14(2-4-15)18-6-5-16(22-18)11-20-17-12-21-9-7-13(17)8-10-21/h1-6,13,17,20H,7-12H2/t17-/m1/s1. The molecule has 3 aliphatic heterocycles. The molecule has 0 aliphatic carbocycles. The van der Waals surface area contributed by atoms with Gasteiger partial charge in [-0.2, -0.15) is 0 Å². The van der Waals surface area contributed by atoms with Crippen molar-refractivity contribution in [2.75, 3.05) is 19.6 Å². The number of rotatable bonds is 4. The monoisotopic (exact) mass is 360 g/mol. The molecule has 3 nitrogen and oxygen atoms in total. The van der Waals surface area contributed by atoms with Crippen molar-refractivity contribution >= 4 is 15.9 Å². The van der Waals surface area contributed by atoms with Gasteiger partial charge in [-0.15, -0.1) is 0 Å². The summed E-state index contributed by atoms with van der Waals surface area (Å²) in [6.07, 6.45) is 2.69. The molecule has 3 aliphatic rings. The van der Waals surface area contributed by atoms with Crippen molar-refractivity contribution in [3.63, 3.8) is 0 Å². The lowest BCUT2D eigenvalue weighted by atomic mass is 9.84. The van der Waals surface area contributed by atoms with E-state index in [-0.39, 0.29) is 0 Å². The molecule has 2 aromatic rings. The van der Waals surface area contributed by atoms with Gasteiger partial charge in [0.05, 0.1) is 6.54 Å². The van der Waals surface area contributed by atoms with Crippen LogP contribution in [-0.2, 0) is 6.54 Å². The van der Waals surface area contributed by atoms with Crippen LogP contribution in [0.1, 0.15) is 18.6 Å². The van der Waals surface area contributed by atoms with Crippen LogP contribution in [0.25, 0.3) is 11.3 Å². The number of halogens is 1. The van der Waals surface area contributed by atoms with E-state index in [0.717, 1.165) is 34.0 Å². The fourth-order valence-electron chi connectivity index (χ4n) is 3.67. The molecule has 2 bridgehead atoms. The van der Waals surface area contributed by atoms with E-state index in [2.05, 4.69) is 50.4 Å². The van der Waals surface area contributed by atoms with Crippen LogP contribution in [0, 0.1) is 5.92 Å². The van der Waals surface area contributed by atoms with Gasteiger partial charge >= 0.3 is 0 Å². The second kappa shape index (κ2) is 6.19. The van der Waals surface area contributed by atoms with Crippen LogP contribution < -0.4 is 5.32 Å². The molecule has 0 spiro atoms. The number of furan rings is 1. The Morgan fingerprint density at radius 3 is 2.55 bits per heavy atom. The molecule has 1 N–H and O–H groups in total. The van der Waals surface area contributed by atoms with Gasteiger partial charge in [0.15, 0.2) is 0 Å². The van der Waals surface area contributed by atoms with Gasteiger partial charge in [0.2, 0.25) is 0 Å². The predicted molar refractivity (Wildman–Crippen MR) is 91.6 cm³/mol. The number of nitrogens with zero attached hydrogens (tertiary/aromatic N) is 1. The van der Waals surface area contributed by atoms with Gasteiger partial charge in [-0.1, -0.05) is 28.1 Å². The average molecular weight is 361 g/mol. The van der Waals surface area contributed by atoms with Crippen molar-refractivity contribution in [1.29, 1.82) is 0 Å². The number of benzene rings is 1. The third-order valence-corrected chi connectivity index (χ3v) is 5.51. The summed E-state index contributed by atoms with van der Waals surface area (Å²) in [5, 5.41) is 3.70. The van der Waals surface area contributed by atoms with E-state index in [1.54, 1.807) is 0 Å². The molecule has 4 heterocycles. The first-order valence-corrected chi connectivity index (χ1v) is 8.87. The second-order valence-electron chi connectivity index (χ2n) is 6.40. The largest absolute Gasteiger partial charge is 0.460 e. The Kier molecular flexibility index (Phi) is 4.07. The summed E-state index contributed by atoms with van der Waals surface area (Å²) in [5.41, 5.74) is 1.12. The Bertz CT molecular complexity index is 629. The molecule has 1 aromatic carbocycles. The number of fused-ring (bicyclic) bond motifs is 3. The van der Waals surface area contributed by atoms with Gasteiger partial charge in [-0.05, 0) is 56.1 Å². The highest BCUT2D eigenvalue weighted by Gasteiger charge is 2.33. The van der Waals surface area contributed by atoms with Gasteiger partial charge in [0.25, 0.3) is 0 Å². The molecule has 0 radical (unpaired) electrons. The van der Waals surface area contributed by atoms with Gasteiger partial charge in [0, 0.05) is 22.6 Å². The Morgan fingerprint density at radius 1 is 1.09 bits per heavy atom. The molecule has 1 aromatic heterocycles. The summed E-state index contributed by atoms with van der Waals surface area (Å²) in [5.74, 6) is 2.82. The van der Waals surface area contributed by atoms with E-state index < -0.39 is 0 Å². The fourth-order valence-corrected chi connectivity index (χ4v) is 3.93. The van der Waals surface area contributed by atoms with Crippen LogP contribution >= 0.6 is 15.9 Å². The summed E-state index contributed by atoms with van der Waals surface area (Å²) in [6.45, 7) is 4.60. The van der Waals surface area contributed by atoms with Crippen LogP contribution in [0.3, 0.4) is 0 Å². The summed E-state index contributed by atoms with van der Waals surface area (Å²) in [6, 6.07) is 13.0. The van der Waals surface area contributed by atoms with Crippen LogP contribution in [0.15, 0.2) is 45.3 Å². The smallest absolute Gasteiger partial charge is 0.134 e. The van der Waals surface area contributed by atoms with E-state index in [0.29, 0.717) is 6.04 Å². The van der Waals surface area contributed by atoms with E-state index in [9.17, 15) is 0 Å². The molecule has 22 heavy (non-hydrogen) atoms. The molecule has 0 amide bonds. The van der Waals surface area contributed by atoms with Gasteiger partial charge in [0.1, 0.15) is 11.5 Å². The first kappa shape index (κ1) is 14.5. The van der Waals surface area contributed by atoms with Crippen molar-refractivity contribution in [2.24, 2.45) is 5.92 Å². The topological polar surface area (TPSA) is 28.4 Å². The zero-order valence-corrected chi connectivity index (χ0v) is 14.2. The number of piperidine rings is 3. The highest BCUT2D eigenvalue weighted by Crippen LogP contribution is 2.28. The number of hydrogen-bond acceptors (Lipinski definition) is 3. The SMILES string of the molecule is Brc1ccc(-c2ccc(CN[C@@H]3CN4CCC3CC4)o2)cc1. The molecule has 3 fully saturated rings. The molecule has 1 atom stereocenters. The van der Waals surface area contributed by atoms with E-state index in [4.69, 9.17) is 4.42 Å². The minimum Gasteiger partial charge on any atom is -0.460 e. The third-order valence-electron chi connectivity index (χ3n) is 4.99. The molecule has 0 saturated carbocycles. The minimum atomic E-state index is 0.628. The van der Waals surface area contributed by atoms with Crippen molar-refractivity contribution < 1.29 is 4.42 Å². The third kappa shape index (κ3) is 3.00. The lowest BCUT2D eigenvalue weighted by Crippen LogP contribution is -2.55. The van der Waals surface area contributed by atoms with E-state index in [1.807, 2.05) is 12.1 Å². The Hall–Kier alpha value is -1.10. The molecular formula is C18H21BrN2O. The highest BCUT2D eigenvalue weighted by atomic mass is 79.9. The van der Waals surface area contributed by atoms with Crippen LogP contribution in [0.5, 0.6) is 0 Å². The van der Waals surface area contributed by atoms with Crippen LogP contribution in [-0.4, -0.2) is 30.6 Å². The zero-order valence-electron chi connectivity index (χ0n) is 12.6. The average Bonchev–Trinajstić information content (AvgIpc) is 3.04.